The molecule has 5 heteroatoms. The van der Waals surface area contributed by atoms with Crippen LogP contribution in [0.15, 0.2) is 12.4 Å². The second-order valence-corrected chi connectivity index (χ2v) is 4.56. The molecule has 1 aromatic heterocycles. The molecule has 0 spiro atoms. The Hall–Kier alpha value is -1.36. The van der Waals surface area contributed by atoms with Crippen LogP contribution in [-0.2, 0) is 0 Å². The maximum absolute atomic E-state index is 5.80. The van der Waals surface area contributed by atoms with Gasteiger partial charge >= 0.3 is 0 Å². The molecule has 0 bridgehead atoms. The van der Waals surface area contributed by atoms with E-state index in [4.69, 9.17) is 5.73 Å². The van der Waals surface area contributed by atoms with Gasteiger partial charge in [0.25, 0.3) is 0 Å². The van der Waals surface area contributed by atoms with Crippen LogP contribution in [0.1, 0.15) is 6.42 Å². The van der Waals surface area contributed by atoms with Crippen molar-refractivity contribution < 1.29 is 0 Å². The molecular weight excluding hydrogens is 202 g/mol. The van der Waals surface area contributed by atoms with Crippen molar-refractivity contribution in [3.8, 4) is 0 Å². The molecule has 16 heavy (non-hydrogen) atoms. The fourth-order valence-electron chi connectivity index (χ4n) is 2.28. The number of aromatic nitrogens is 2. The molecule has 0 saturated carbocycles. The smallest absolute Gasteiger partial charge is 0.171 e. The SMILES string of the molecule is CN1CCC(CN(C)c2nccnc2N)C1. The zero-order chi connectivity index (χ0) is 11.5. The summed E-state index contributed by atoms with van der Waals surface area (Å²) in [6.07, 6.45) is 4.56. The monoisotopic (exact) mass is 221 g/mol. The van der Waals surface area contributed by atoms with Crippen molar-refractivity contribution in [2.75, 3.05) is 44.4 Å². The van der Waals surface area contributed by atoms with Crippen LogP contribution in [0.3, 0.4) is 0 Å². The maximum atomic E-state index is 5.80. The number of rotatable bonds is 3. The summed E-state index contributed by atoms with van der Waals surface area (Å²) in [7, 11) is 4.19. The van der Waals surface area contributed by atoms with E-state index in [0.717, 1.165) is 18.9 Å². The third-order valence-electron chi connectivity index (χ3n) is 3.09. The van der Waals surface area contributed by atoms with Gasteiger partial charge in [0.2, 0.25) is 0 Å². The van der Waals surface area contributed by atoms with Gasteiger partial charge in [-0.25, -0.2) is 9.97 Å². The molecule has 0 aliphatic carbocycles. The Balaban J connectivity index is 1.98. The van der Waals surface area contributed by atoms with E-state index in [0.29, 0.717) is 11.7 Å². The number of hydrogen-bond donors (Lipinski definition) is 1. The van der Waals surface area contributed by atoms with Gasteiger partial charge in [-0.1, -0.05) is 0 Å². The van der Waals surface area contributed by atoms with Crippen molar-refractivity contribution >= 4 is 11.6 Å². The second kappa shape index (κ2) is 4.65. The molecule has 1 aromatic rings. The first-order valence-electron chi connectivity index (χ1n) is 5.63. The van der Waals surface area contributed by atoms with Crippen LogP contribution in [0.4, 0.5) is 11.6 Å². The second-order valence-electron chi connectivity index (χ2n) is 4.56. The van der Waals surface area contributed by atoms with Gasteiger partial charge in [-0.3, -0.25) is 0 Å². The molecule has 0 amide bonds. The van der Waals surface area contributed by atoms with Crippen molar-refractivity contribution in [1.29, 1.82) is 0 Å². The Morgan fingerprint density at radius 2 is 2.25 bits per heavy atom. The number of nitrogens with zero attached hydrogens (tertiary/aromatic N) is 4. The summed E-state index contributed by atoms with van der Waals surface area (Å²) in [5, 5.41) is 0. The van der Waals surface area contributed by atoms with Crippen molar-refractivity contribution in [3.63, 3.8) is 0 Å². The Bertz CT molecular complexity index is 354. The first-order valence-corrected chi connectivity index (χ1v) is 5.63. The van der Waals surface area contributed by atoms with Gasteiger partial charge in [-0.15, -0.1) is 0 Å². The van der Waals surface area contributed by atoms with E-state index in [9.17, 15) is 0 Å². The van der Waals surface area contributed by atoms with Gasteiger partial charge in [0.1, 0.15) is 0 Å². The molecule has 1 atom stereocenters. The molecule has 1 aliphatic rings. The highest BCUT2D eigenvalue weighted by atomic mass is 15.2. The summed E-state index contributed by atoms with van der Waals surface area (Å²) in [4.78, 5) is 12.8. The van der Waals surface area contributed by atoms with E-state index in [-0.39, 0.29) is 0 Å². The zero-order valence-electron chi connectivity index (χ0n) is 9.93. The van der Waals surface area contributed by atoms with E-state index < -0.39 is 0 Å². The number of nitrogens with two attached hydrogens (primary N) is 1. The molecule has 2 rings (SSSR count). The standard InChI is InChI=1S/C11H19N5/c1-15-6-3-9(7-15)8-16(2)11-10(12)13-4-5-14-11/h4-5,9H,3,6-8H2,1-2H3,(H2,12,13). The van der Waals surface area contributed by atoms with Crippen LogP contribution in [0, 0.1) is 5.92 Å². The zero-order valence-corrected chi connectivity index (χ0v) is 9.93. The molecule has 2 N–H and O–H groups in total. The highest BCUT2D eigenvalue weighted by Gasteiger charge is 2.21. The molecule has 2 heterocycles. The van der Waals surface area contributed by atoms with Gasteiger partial charge < -0.3 is 15.5 Å². The minimum absolute atomic E-state index is 0.511. The summed E-state index contributed by atoms with van der Waals surface area (Å²) in [5.41, 5.74) is 5.80. The van der Waals surface area contributed by atoms with Crippen molar-refractivity contribution in [1.82, 2.24) is 14.9 Å². The predicted molar refractivity (Wildman–Crippen MR) is 65.3 cm³/mol. The fraction of sp³-hybridized carbons (Fsp3) is 0.636. The number of likely N-dealkylation sites (tertiary alicyclic amines) is 1. The molecule has 1 unspecified atom stereocenters. The van der Waals surface area contributed by atoms with Crippen LogP contribution in [0.2, 0.25) is 0 Å². The van der Waals surface area contributed by atoms with Gasteiger partial charge in [0.15, 0.2) is 11.6 Å². The molecule has 0 aromatic carbocycles. The Kier molecular flexibility index (Phi) is 3.24. The minimum Gasteiger partial charge on any atom is -0.381 e. The molecule has 1 saturated heterocycles. The summed E-state index contributed by atoms with van der Waals surface area (Å²) >= 11 is 0. The first-order chi connectivity index (χ1) is 7.66. The average molecular weight is 221 g/mol. The van der Waals surface area contributed by atoms with Gasteiger partial charge in [-0.2, -0.15) is 0 Å². The van der Waals surface area contributed by atoms with E-state index in [1.165, 1.54) is 13.0 Å². The Morgan fingerprint density at radius 3 is 2.88 bits per heavy atom. The minimum atomic E-state index is 0.511. The van der Waals surface area contributed by atoms with Crippen LogP contribution < -0.4 is 10.6 Å². The fourth-order valence-corrected chi connectivity index (χ4v) is 2.28. The first kappa shape index (κ1) is 11.1. The van der Waals surface area contributed by atoms with Gasteiger partial charge in [0, 0.05) is 32.5 Å². The van der Waals surface area contributed by atoms with Crippen molar-refractivity contribution in [2.24, 2.45) is 5.92 Å². The van der Waals surface area contributed by atoms with Crippen LogP contribution in [-0.4, -0.2) is 48.6 Å². The van der Waals surface area contributed by atoms with E-state index in [1.807, 2.05) is 7.05 Å². The number of nitrogen functional groups attached to an aromatic ring is 1. The highest BCUT2D eigenvalue weighted by molar-refractivity contribution is 5.56. The number of anilines is 2. The van der Waals surface area contributed by atoms with Crippen molar-refractivity contribution in [3.05, 3.63) is 12.4 Å². The summed E-state index contributed by atoms with van der Waals surface area (Å²) < 4.78 is 0. The molecule has 88 valence electrons. The van der Waals surface area contributed by atoms with E-state index in [2.05, 4.69) is 26.8 Å². The van der Waals surface area contributed by atoms with Crippen LogP contribution in [0.25, 0.3) is 0 Å². The molecule has 1 fully saturated rings. The lowest BCUT2D eigenvalue weighted by atomic mass is 10.1. The Labute approximate surface area is 96.3 Å². The molecular formula is C11H19N5. The largest absolute Gasteiger partial charge is 0.381 e. The third-order valence-corrected chi connectivity index (χ3v) is 3.09. The highest BCUT2D eigenvalue weighted by Crippen LogP contribution is 2.20. The lowest BCUT2D eigenvalue weighted by Gasteiger charge is -2.22. The summed E-state index contributed by atoms with van der Waals surface area (Å²) in [6, 6.07) is 0. The van der Waals surface area contributed by atoms with Gasteiger partial charge in [0.05, 0.1) is 0 Å². The van der Waals surface area contributed by atoms with E-state index >= 15 is 0 Å². The van der Waals surface area contributed by atoms with Gasteiger partial charge in [-0.05, 0) is 25.9 Å². The summed E-state index contributed by atoms with van der Waals surface area (Å²) in [6.45, 7) is 3.34. The quantitative estimate of drug-likeness (QED) is 0.803. The average Bonchev–Trinajstić information content (AvgIpc) is 2.64. The predicted octanol–water partition coefficient (Wildman–Crippen LogP) is 0.447. The third kappa shape index (κ3) is 2.41. The maximum Gasteiger partial charge on any atom is 0.171 e. The topological polar surface area (TPSA) is 58.3 Å². The van der Waals surface area contributed by atoms with E-state index in [1.54, 1.807) is 12.4 Å². The molecule has 5 nitrogen and oxygen atoms in total. The lowest BCUT2D eigenvalue weighted by molar-refractivity contribution is 0.395. The lowest BCUT2D eigenvalue weighted by Crippen LogP contribution is -2.28. The normalized spacial score (nSPS) is 21.2. The van der Waals surface area contributed by atoms with Crippen LogP contribution in [0.5, 0.6) is 0 Å². The van der Waals surface area contributed by atoms with Crippen LogP contribution >= 0.6 is 0 Å². The summed E-state index contributed by atoms with van der Waals surface area (Å²) in [5.74, 6) is 2.00. The molecule has 0 radical (unpaired) electrons. The molecule has 1 aliphatic heterocycles. The van der Waals surface area contributed by atoms with Crippen molar-refractivity contribution in [2.45, 2.75) is 6.42 Å². The Morgan fingerprint density at radius 1 is 1.50 bits per heavy atom. The number of hydrogen-bond acceptors (Lipinski definition) is 5.